The molecule has 17 heavy (non-hydrogen) atoms. The van der Waals surface area contributed by atoms with E-state index < -0.39 is 0 Å². The average Bonchev–Trinajstić information content (AvgIpc) is 2.76. The van der Waals surface area contributed by atoms with Gasteiger partial charge in [0.25, 0.3) is 0 Å². The number of hydrogen-bond donors (Lipinski definition) is 1. The third-order valence-corrected chi connectivity index (χ3v) is 3.18. The fraction of sp³-hybridized carbons (Fsp3) is 0.538. The molecule has 3 rings (SSSR count). The van der Waals surface area contributed by atoms with Crippen molar-refractivity contribution in [2.75, 3.05) is 19.9 Å². The lowest BCUT2D eigenvalue weighted by atomic mass is 10.0. The quantitative estimate of drug-likeness (QED) is 0.806. The molecule has 0 radical (unpaired) electrons. The smallest absolute Gasteiger partial charge is 0.231 e. The maximum Gasteiger partial charge on any atom is 0.231 e. The molecule has 2 aliphatic rings. The van der Waals surface area contributed by atoms with Crippen molar-refractivity contribution in [3.05, 3.63) is 23.8 Å². The third kappa shape index (κ3) is 2.10. The Morgan fingerprint density at radius 1 is 1.24 bits per heavy atom. The summed E-state index contributed by atoms with van der Waals surface area (Å²) in [6, 6.07) is 5.99. The van der Waals surface area contributed by atoms with Gasteiger partial charge in [-0.3, -0.25) is 0 Å². The Hall–Kier alpha value is -1.26. The minimum atomic E-state index is 0.0623. The van der Waals surface area contributed by atoms with Crippen LogP contribution in [0, 0.1) is 0 Å². The second-order valence-electron chi connectivity index (χ2n) is 5.18. The minimum Gasteiger partial charge on any atom is -0.454 e. The van der Waals surface area contributed by atoms with E-state index in [9.17, 15) is 0 Å². The van der Waals surface area contributed by atoms with Crippen LogP contribution in [0.15, 0.2) is 18.2 Å². The molecule has 1 unspecified atom stereocenters. The van der Waals surface area contributed by atoms with Crippen molar-refractivity contribution in [3.8, 4) is 11.5 Å². The highest BCUT2D eigenvalue weighted by atomic mass is 16.7. The number of fused-ring (bicyclic) bond motifs is 1. The number of morpholine rings is 1. The van der Waals surface area contributed by atoms with Gasteiger partial charge in [-0.05, 0) is 31.5 Å². The normalized spacial score (nSPS) is 25.9. The summed E-state index contributed by atoms with van der Waals surface area (Å²) in [5.74, 6) is 1.63. The first-order chi connectivity index (χ1) is 8.14. The fourth-order valence-corrected chi connectivity index (χ4v) is 2.12. The summed E-state index contributed by atoms with van der Waals surface area (Å²) in [7, 11) is 0. The molecule has 1 saturated heterocycles. The molecule has 1 aromatic carbocycles. The summed E-state index contributed by atoms with van der Waals surface area (Å²) >= 11 is 0. The number of benzene rings is 1. The molecular formula is C13H17NO3. The first-order valence-corrected chi connectivity index (χ1v) is 5.90. The molecule has 4 nitrogen and oxygen atoms in total. The molecule has 2 aliphatic heterocycles. The van der Waals surface area contributed by atoms with E-state index in [1.54, 1.807) is 0 Å². The molecule has 92 valence electrons. The molecule has 0 amide bonds. The minimum absolute atomic E-state index is 0.0623. The van der Waals surface area contributed by atoms with Crippen LogP contribution in [0.1, 0.15) is 25.5 Å². The summed E-state index contributed by atoms with van der Waals surface area (Å²) in [5.41, 5.74) is 1.20. The Morgan fingerprint density at radius 3 is 2.82 bits per heavy atom. The molecule has 0 saturated carbocycles. The van der Waals surface area contributed by atoms with Gasteiger partial charge in [0.05, 0.1) is 12.7 Å². The molecule has 0 aliphatic carbocycles. The van der Waals surface area contributed by atoms with Crippen LogP contribution in [0.25, 0.3) is 0 Å². The lowest BCUT2D eigenvalue weighted by Crippen LogP contribution is -2.50. The van der Waals surface area contributed by atoms with Crippen LogP contribution in [0.4, 0.5) is 0 Å². The summed E-state index contributed by atoms with van der Waals surface area (Å²) in [5, 5.41) is 3.48. The van der Waals surface area contributed by atoms with Crippen LogP contribution in [-0.4, -0.2) is 25.5 Å². The Morgan fingerprint density at radius 2 is 2.06 bits per heavy atom. The topological polar surface area (TPSA) is 39.7 Å². The maximum atomic E-state index is 5.88. The highest BCUT2D eigenvalue weighted by Crippen LogP contribution is 2.35. The van der Waals surface area contributed by atoms with Gasteiger partial charge in [-0.25, -0.2) is 0 Å². The van der Waals surface area contributed by atoms with Gasteiger partial charge in [0.1, 0.15) is 0 Å². The Kier molecular flexibility index (Phi) is 2.49. The number of ether oxygens (including phenoxy) is 3. The van der Waals surface area contributed by atoms with Crippen molar-refractivity contribution >= 4 is 0 Å². The van der Waals surface area contributed by atoms with E-state index in [0.29, 0.717) is 13.4 Å². The largest absolute Gasteiger partial charge is 0.454 e. The molecule has 1 fully saturated rings. The van der Waals surface area contributed by atoms with Gasteiger partial charge in [-0.1, -0.05) is 6.07 Å². The van der Waals surface area contributed by atoms with Crippen molar-refractivity contribution in [1.82, 2.24) is 5.32 Å². The summed E-state index contributed by atoms with van der Waals surface area (Å²) in [6.07, 6.45) is 0.0949. The number of hydrogen-bond acceptors (Lipinski definition) is 4. The van der Waals surface area contributed by atoms with E-state index in [2.05, 4.69) is 19.2 Å². The lowest BCUT2D eigenvalue weighted by molar-refractivity contribution is -0.0229. The zero-order chi connectivity index (χ0) is 11.9. The summed E-state index contributed by atoms with van der Waals surface area (Å²) in [6.45, 7) is 6.14. The fourth-order valence-electron chi connectivity index (χ4n) is 2.12. The van der Waals surface area contributed by atoms with Crippen LogP contribution < -0.4 is 14.8 Å². The van der Waals surface area contributed by atoms with Crippen molar-refractivity contribution < 1.29 is 14.2 Å². The summed E-state index contributed by atoms with van der Waals surface area (Å²) < 4.78 is 16.5. The first-order valence-electron chi connectivity index (χ1n) is 5.90. The standard InChI is InChI=1S/C13H17NO3/c1-13(2)7-15-12(6-14-13)9-3-4-10-11(5-9)17-8-16-10/h3-5,12,14H,6-8H2,1-2H3. The molecule has 0 bridgehead atoms. The van der Waals surface area contributed by atoms with E-state index in [1.165, 1.54) is 0 Å². The van der Waals surface area contributed by atoms with Crippen LogP contribution >= 0.6 is 0 Å². The molecular weight excluding hydrogens is 218 g/mol. The van der Waals surface area contributed by atoms with E-state index >= 15 is 0 Å². The van der Waals surface area contributed by atoms with Crippen molar-refractivity contribution in [2.45, 2.75) is 25.5 Å². The lowest BCUT2D eigenvalue weighted by Gasteiger charge is -2.36. The van der Waals surface area contributed by atoms with Crippen LogP contribution in [-0.2, 0) is 4.74 Å². The first kappa shape index (κ1) is 10.9. The van der Waals surface area contributed by atoms with Gasteiger partial charge in [0.15, 0.2) is 11.5 Å². The van der Waals surface area contributed by atoms with Crippen LogP contribution in [0.2, 0.25) is 0 Å². The molecule has 2 heterocycles. The van der Waals surface area contributed by atoms with Gasteiger partial charge in [-0.15, -0.1) is 0 Å². The maximum absolute atomic E-state index is 5.88. The molecule has 1 N–H and O–H groups in total. The molecule has 1 atom stereocenters. The van der Waals surface area contributed by atoms with Crippen LogP contribution in [0.3, 0.4) is 0 Å². The molecule has 4 heteroatoms. The second kappa shape index (κ2) is 3.89. The predicted molar refractivity (Wildman–Crippen MR) is 63.3 cm³/mol. The Labute approximate surface area is 101 Å². The van der Waals surface area contributed by atoms with E-state index in [4.69, 9.17) is 14.2 Å². The van der Waals surface area contributed by atoms with Gasteiger partial charge >= 0.3 is 0 Å². The third-order valence-electron chi connectivity index (χ3n) is 3.18. The number of rotatable bonds is 1. The highest BCUT2D eigenvalue weighted by Gasteiger charge is 2.28. The zero-order valence-electron chi connectivity index (χ0n) is 10.2. The van der Waals surface area contributed by atoms with Gasteiger partial charge < -0.3 is 19.5 Å². The average molecular weight is 235 g/mol. The van der Waals surface area contributed by atoms with Crippen molar-refractivity contribution in [2.24, 2.45) is 0 Å². The van der Waals surface area contributed by atoms with E-state index in [0.717, 1.165) is 23.6 Å². The number of nitrogens with one attached hydrogen (secondary N) is 1. The van der Waals surface area contributed by atoms with Crippen LogP contribution in [0.5, 0.6) is 11.5 Å². The molecule has 0 spiro atoms. The highest BCUT2D eigenvalue weighted by molar-refractivity contribution is 5.45. The molecule has 0 aromatic heterocycles. The van der Waals surface area contributed by atoms with E-state index in [1.807, 2.05) is 18.2 Å². The SMILES string of the molecule is CC1(C)COC(c2ccc3c(c2)OCO3)CN1. The van der Waals surface area contributed by atoms with Gasteiger partial charge in [0.2, 0.25) is 6.79 Å². The van der Waals surface area contributed by atoms with Gasteiger partial charge in [-0.2, -0.15) is 0 Å². The van der Waals surface area contributed by atoms with Crippen molar-refractivity contribution in [1.29, 1.82) is 0 Å². The second-order valence-corrected chi connectivity index (χ2v) is 5.18. The van der Waals surface area contributed by atoms with Crippen molar-refractivity contribution in [3.63, 3.8) is 0 Å². The zero-order valence-corrected chi connectivity index (χ0v) is 10.2. The predicted octanol–water partition coefficient (Wildman–Crippen LogP) is 1.85. The summed E-state index contributed by atoms with van der Waals surface area (Å²) in [4.78, 5) is 0. The Balaban J connectivity index is 1.77. The van der Waals surface area contributed by atoms with Gasteiger partial charge in [0, 0.05) is 12.1 Å². The monoisotopic (exact) mass is 235 g/mol. The Bertz CT molecular complexity index is 421. The molecule has 1 aromatic rings. The van der Waals surface area contributed by atoms with E-state index in [-0.39, 0.29) is 11.6 Å².